The predicted octanol–water partition coefficient (Wildman–Crippen LogP) is 3.92. The molecule has 1 aliphatic heterocycles. The zero-order valence-electron chi connectivity index (χ0n) is 15.9. The van der Waals surface area contributed by atoms with Crippen molar-refractivity contribution >= 4 is 29.3 Å². The van der Waals surface area contributed by atoms with Gasteiger partial charge in [0.15, 0.2) is 0 Å². The Balaban J connectivity index is 1.92. The first-order valence-electron chi connectivity index (χ1n) is 8.98. The first-order chi connectivity index (χ1) is 13.4. The summed E-state index contributed by atoms with van der Waals surface area (Å²) in [5, 5.41) is 12.3. The molecule has 1 unspecified atom stereocenters. The maximum atomic E-state index is 12.7. The second-order valence-corrected chi connectivity index (χ2v) is 8.06. The minimum atomic E-state index is -0.535. The molecule has 0 spiro atoms. The first-order valence-corrected chi connectivity index (χ1v) is 9.86. The summed E-state index contributed by atoms with van der Waals surface area (Å²) in [6.07, 6.45) is 1.51. The van der Waals surface area contributed by atoms with Gasteiger partial charge < -0.3 is 9.73 Å². The number of nitrogens with one attached hydrogen (secondary N) is 1. The van der Waals surface area contributed by atoms with Crippen LogP contribution < -0.4 is 10.2 Å². The van der Waals surface area contributed by atoms with E-state index in [4.69, 9.17) is 4.42 Å². The molecular formula is C21H21N3O3S. The average molecular weight is 395 g/mol. The largest absolute Gasteiger partial charge is 0.467 e. The molecule has 7 heteroatoms. The standard InChI is InChI=1S/C21H21N3O3S/c1-13(2)15-6-8-16(9-7-15)24-20(26)14(3)28-21(24)18(11-22)19(25)23-12-17-5-4-10-27-17/h4-10,13-14H,12H2,1-3H3,(H,23,25)/b21-18-. The van der Waals surface area contributed by atoms with Gasteiger partial charge in [0.1, 0.15) is 22.4 Å². The Kier molecular flexibility index (Phi) is 5.90. The van der Waals surface area contributed by atoms with Gasteiger partial charge in [-0.25, -0.2) is 0 Å². The van der Waals surface area contributed by atoms with Gasteiger partial charge in [0, 0.05) is 5.69 Å². The van der Waals surface area contributed by atoms with E-state index in [1.165, 1.54) is 22.9 Å². The van der Waals surface area contributed by atoms with E-state index in [0.717, 1.165) is 5.56 Å². The van der Waals surface area contributed by atoms with E-state index in [1.54, 1.807) is 19.1 Å². The van der Waals surface area contributed by atoms with Crippen molar-refractivity contribution in [3.63, 3.8) is 0 Å². The number of carbonyl (C=O) groups excluding carboxylic acids is 2. The van der Waals surface area contributed by atoms with Crippen molar-refractivity contribution in [2.75, 3.05) is 4.90 Å². The molecule has 1 aliphatic rings. The molecule has 1 saturated heterocycles. The Morgan fingerprint density at radius 2 is 2.04 bits per heavy atom. The van der Waals surface area contributed by atoms with Crippen molar-refractivity contribution in [2.45, 2.75) is 38.5 Å². The number of hydrogen-bond donors (Lipinski definition) is 1. The summed E-state index contributed by atoms with van der Waals surface area (Å²) >= 11 is 1.22. The van der Waals surface area contributed by atoms with Gasteiger partial charge in [0.25, 0.3) is 5.91 Å². The fourth-order valence-corrected chi connectivity index (χ4v) is 3.94. The fourth-order valence-electron chi connectivity index (χ4n) is 2.84. The number of anilines is 1. The molecule has 1 N–H and O–H groups in total. The van der Waals surface area contributed by atoms with Crippen LogP contribution in [0.25, 0.3) is 0 Å². The molecule has 1 aromatic carbocycles. The van der Waals surface area contributed by atoms with E-state index in [0.29, 0.717) is 22.4 Å². The van der Waals surface area contributed by atoms with Crippen molar-refractivity contribution in [1.29, 1.82) is 5.26 Å². The minimum Gasteiger partial charge on any atom is -0.467 e. The predicted molar refractivity (Wildman–Crippen MR) is 108 cm³/mol. The molecule has 2 heterocycles. The zero-order chi connectivity index (χ0) is 20.3. The van der Waals surface area contributed by atoms with Crippen LogP contribution in [0.4, 0.5) is 5.69 Å². The third kappa shape index (κ3) is 3.97. The first kappa shape index (κ1) is 19.8. The minimum absolute atomic E-state index is 0.0813. The average Bonchev–Trinajstić information content (AvgIpc) is 3.30. The number of hydrogen-bond acceptors (Lipinski definition) is 5. The maximum absolute atomic E-state index is 12.7. The topological polar surface area (TPSA) is 86.3 Å². The summed E-state index contributed by atoms with van der Waals surface area (Å²) in [5.74, 6) is 0.268. The lowest BCUT2D eigenvalue weighted by Crippen LogP contribution is -2.30. The molecule has 3 rings (SSSR count). The highest BCUT2D eigenvalue weighted by atomic mass is 32.2. The molecular weight excluding hydrogens is 374 g/mol. The van der Waals surface area contributed by atoms with E-state index in [2.05, 4.69) is 19.2 Å². The summed E-state index contributed by atoms with van der Waals surface area (Å²) in [7, 11) is 0. The molecule has 0 bridgehead atoms. The second kappa shape index (κ2) is 8.36. The summed E-state index contributed by atoms with van der Waals surface area (Å²) < 4.78 is 5.19. The highest BCUT2D eigenvalue weighted by molar-refractivity contribution is 8.05. The fraction of sp³-hybridized carbons (Fsp3) is 0.286. The summed E-state index contributed by atoms with van der Waals surface area (Å²) in [4.78, 5) is 26.8. The normalized spacial score (nSPS) is 18.3. The van der Waals surface area contributed by atoms with Crippen molar-refractivity contribution in [3.05, 3.63) is 64.6 Å². The number of carbonyl (C=O) groups is 2. The molecule has 144 valence electrons. The van der Waals surface area contributed by atoms with Crippen molar-refractivity contribution < 1.29 is 14.0 Å². The molecule has 6 nitrogen and oxygen atoms in total. The lowest BCUT2D eigenvalue weighted by molar-refractivity contribution is -0.117. The van der Waals surface area contributed by atoms with Crippen LogP contribution in [0, 0.1) is 11.3 Å². The van der Waals surface area contributed by atoms with E-state index < -0.39 is 5.91 Å². The highest BCUT2D eigenvalue weighted by Gasteiger charge is 2.38. The van der Waals surface area contributed by atoms with Crippen LogP contribution in [0.15, 0.2) is 57.7 Å². The number of rotatable bonds is 5. The van der Waals surface area contributed by atoms with Crippen LogP contribution >= 0.6 is 11.8 Å². The molecule has 1 atom stereocenters. The van der Waals surface area contributed by atoms with Crippen LogP contribution in [0.1, 0.15) is 38.0 Å². The molecule has 28 heavy (non-hydrogen) atoms. The van der Waals surface area contributed by atoms with E-state index >= 15 is 0 Å². The van der Waals surface area contributed by atoms with Gasteiger partial charge in [-0.2, -0.15) is 5.26 Å². The number of furan rings is 1. The van der Waals surface area contributed by atoms with Gasteiger partial charge in [0.05, 0.1) is 18.1 Å². The van der Waals surface area contributed by atoms with Crippen molar-refractivity contribution in [2.24, 2.45) is 0 Å². The lowest BCUT2D eigenvalue weighted by atomic mass is 10.0. The molecule has 1 aromatic heterocycles. The van der Waals surface area contributed by atoms with Crippen LogP contribution in [-0.4, -0.2) is 17.1 Å². The molecule has 2 aromatic rings. The summed E-state index contributed by atoms with van der Waals surface area (Å²) in [6, 6.07) is 13.0. The third-order valence-corrected chi connectivity index (χ3v) is 5.60. The van der Waals surface area contributed by atoms with Gasteiger partial charge >= 0.3 is 0 Å². The number of benzene rings is 1. The van der Waals surface area contributed by atoms with Gasteiger partial charge in [-0.3, -0.25) is 14.5 Å². The lowest BCUT2D eigenvalue weighted by Gasteiger charge is -2.19. The molecule has 0 radical (unpaired) electrons. The molecule has 2 amide bonds. The number of thioether (sulfide) groups is 1. The van der Waals surface area contributed by atoms with E-state index in [-0.39, 0.29) is 23.3 Å². The Morgan fingerprint density at radius 3 is 2.61 bits per heavy atom. The molecule has 0 aliphatic carbocycles. The van der Waals surface area contributed by atoms with Crippen molar-refractivity contribution in [1.82, 2.24) is 5.32 Å². The Bertz CT molecular complexity index is 940. The van der Waals surface area contributed by atoms with Gasteiger partial charge in [-0.15, -0.1) is 0 Å². The second-order valence-electron chi connectivity index (χ2n) is 6.73. The van der Waals surface area contributed by atoms with Crippen molar-refractivity contribution in [3.8, 4) is 6.07 Å². The number of nitriles is 1. The highest BCUT2D eigenvalue weighted by Crippen LogP contribution is 2.40. The summed E-state index contributed by atoms with van der Waals surface area (Å²) in [6.45, 7) is 6.12. The van der Waals surface area contributed by atoms with Crippen LogP contribution in [0.5, 0.6) is 0 Å². The monoisotopic (exact) mass is 395 g/mol. The zero-order valence-corrected chi connectivity index (χ0v) is 16.7. The smallest absolute Gasteiger partial charge is 0.265 e. The summed E-state index contributed by atoms with van der Waals surface area (Å²) in [5.41, 5.74) is 1.72. The van der Waals surface area contributed by atoms with Gasteiger partial charge in [-0.1, -0.05) is 37.7 Å². The van der Waals surface area contributed by atoms with Crippen LogP contribution in [-0.2, 0) is 16.1 Å². The van der Waals surface area contributed by atoms with Crippen LogP contribution in [0.3, 0.4) is 0 Å². The van der Waals surface area contributed by atoms with Crippen LogP contribution in [0.2, 0.25) is 0 Å². The van der Waals surface area contributed by atoms with Gasteiger partial charge in [0.2, 0.25) is 5.91 Å². The molecule has 1 fully saturated rings. The van der Waals surface area contributed by atoms with E-state index in [1.807, 2.05) is 30.3 Å². The maximum Gasteiger partial charge on any atom is 0.265 e. The van der Waals surface area contributed by atoms with E-state index in [9.17, 15) is 14.9 Å². The SMILES string of the molecule is CC1S/C(=C(/C#N)C(=O)NCc2ccco2)N(c2ccc(C(C)C)cc2)C1=O. The third-order valence-electron chi connectivity index (χ3n) is 4.43. The quantitative estimate of drug-likeness (QED) is 0.612. The van der Waals surface area contributed by atoms with Gasteiger partial charge in [-0.05, 0) is 42.7 Å². The Hall–Kier alpha value is -2.98. The molecule has 0 saturated carbocycles. The number of nitrogens with zero attached hydrogens (tertiary/aromatic N) is 2. The number of amides is 2. The Morgan fingerprint density at radius 1 is 1.32 bits per heavy atom. The Labute approximate surface area is 168 Å².